The van der Waals surface area contributed by atoms with Crippen molar-refractivity contribution >= 4 is 46.7 Å². The summed E-state index contributed by atoms with van der Waals surface area (Å²) < 4.78 is -0.335. The van der Waals surface area contributed by atoms with Crippen molar-refractivity contribution in [3.8, 4) is 0 Å². The SMILES string of the molecule is Cc1cccc(NC(=O)N2CC(C)(C)S[C@]23C(=O)N(Cc2ccccc2C)c2ccc(Cl)cc23)c1. The normalized spacial score (nSPS) is 20.4. The lowest BCUT2D eigenvalue weighted by Gasteiger charge is -2.33. The molecule has 0 aromatic heterocycles. The first-order chi connectivity index (χ1) is 16.6. The van der Waals surface area contributed by atoms with Crippen LogP contribution in [-0.4, -0.2) is 28.1 Å². The Morgan fingerprint density at radius 3 is 2.57 bits per heavy atom. The molecule has 0 aliphatic carbocycles. The van der Waals surface area contributed by atoms with Crippen LogP contribution >= 0.6 is 23.4 Å². The fourth-order valence-corrected chi connectivity index (χ4v) is 6.90. The molecule has 2 heterocycles. The maximum atomic E-state index is 14.4. The van der Waals surface area contributed by atoms with Gasteiger partial charge in [0, 0.05) is 27.6 Å². The second-order valence-corrected chi connectivity index (χ2v) is 12.2. The minimum Gasteiger partial charge on any atom is -0.308 e. The van der Waals surface area contributed by atoms with Crippen LogP contribution in [0.1, 0.15) is 36.1 Å². The monoisotopic (exact) mass is 505 g/mol. The molecule has 7 heteroatoms. The number of amides is 3. The Balaban J connectivity index is 1.60. The zero-order valence-corrected chi connectivity index (χ0v) is 21.8. The van der Waals surface area contributed by atoms with Crippen LogP contribution in [-0.2, 0) is 16.2 Å². The van der Waals surface area contributed by atoms with Crippen LogP contribution in [0.4, 0.5) is 16.2 Å². The number of nitrogens with zero attached hydrogens (tertiary/aromatic N) is 2. The van der Waals surface area contributed by atoms with Gasteiger partial charge in [-0.1, -0.05) is 48.0 Å². The molecule has 5 rings (SSSR count). The highest BCUT2D eigenvalue weighted by Gasteiger charge is 2.63. The quantitative estimate of drug-likeness (QED) is 0.430. The number of hydrogen-bond donors (Lipinski definition) is 1. The molecule has 1 spiro atoms. The molecule has 1 N–H and O–H groups in total. The third kappa shape index (κ3) is 4.09. The van der Waals surface area contributed by atoms with Crippen LogP contribution in [0.25, 0.3) is 0 Å². The number of nitrogens with one attached hydrogen (secondary N) is 1. The Kier molecular flexibility index (Phi) is 5.85. The molecule has 1 saturated heterocycles. The number of urea groups is 1. The summed E-state index contributed by atoms with van der Waals surface area (Å²) in [7, 11) is 0. The number of halogens is 1. The average molecular weight is 506 g/mol. The second kappa shape index (κ2) is 8.61. The lowest BCUT2D eigenvalue weighted by atomic mass is 10.0. The number of carbonyl (C=O) groups is 2. The van der Waals surface area contributed by atoms with E-state index in [-0.39, 0.29) is 16.7 Å². The highest BCUT2D eigenvalue weighted by molar-refractivity contribution is 8.02. The van der Waals surface area contributed by atoms with Gasteiger partial charge in [0.05, 0.1) is 12.2 Å². The summed E-state index contributed by atoms with van der Waals surface area (Å²) in [5.74, 6) is -0.118. The van der Waals surface area contributed by atoms with Crippen molar-refractivity contribution in [2.75, 3.05) is 16.8 Å². The fourth-order valence-electron chi connectivity index (χ4n) is 5.00. The molecule has 35 heavy (non-hydrogen) atoms. The third-order valence-electron chi connectivity index (χ3n) is 6.60. The summed E-state index contributed by atoms with van der Waals surface area (Å²) in [6.45, 7) is 9.01. The van der Waals surface area contributed by atoms with E-state index in [4.69, 9.17) is 11.6 Å². The predicted octanol–water partition coefficient (Wildman–Crippen LogP) is 6.72. The highest BCUT2D eigenvalue weighted by atomic mass is 35.5. The number of aryl methyl sites for hydroxylation is 2. The first kappa shape index (κ1) is 23.8. The van der Waals surface area contributed by atoms with E-state index >= 15 is 0 Å². The van der Waals surface area contributed by atoms with Gasteiger partial charge < -0.3 is 10.2 Å². The van der Waals surface area contributed by atoms with E-state index in [0.717, 1.165) is 27.9 Å². The summed E-state index contributed by atoms with van der Waals surface area (Å²) in [6, 6.07) is 21.0. The van der Waals surface area contributed by atoms with Gasteiger partial charge in [-0.25, -0.2) is 4.79 Å². The highest BCUT2D eigenvalue weighted by Crippen LogP contribution is 2.60. The number of fused-ring (bicyclic) bond motifs is 2. The standard InChI is InChI=1S/C28H28ClN3O2S/c1-18-8-7-11-22(14-18)30-26(34)32-17-27(3,4)35-28(32)23-15-21(29)12-13-24(23)31(25(28)33)16-20-10-6-5-9-19(20)2/h5-15H,16-17H2,1-4H3,(H,30,34)/t28-/m1/s1. The molecule has 0 bridgehead atoms. The Morgan fingerprint density at radius 1 is 1.06 bits per heavy atom. The van der Waals surface area contributed by atoms with E-state index in [2.05, 4.69) is 19.2 Å². The molecule has 3 amide bonds. The minimum absolute atomic E-state index is 0.118. The number of carbonyl (C=O) groups excluding carboxylic acids is 2. The van der Waals surface area contributed by atoms with Gasteiger partial charge in [-0.3, -0.25) is 9.69 Å². The van der Waals surface area contributed by atoms with E-state index in [1.54, 1.807) is 15.9 Å². The van der Waals surface area contributed by atoms with E-state index in [1.165, 1.54) is 11.8 Å². The fraction of sp³-hybridized carbons (Fsp3) is 0.286. The van der Waals surface area contributed by atoms with Crippen LogP contribution < -0.4 is 10.2 Å². The molecule has 2 aliphatic heterocycles. The van der Waals surface area contributed by atoms with Crippen molar-refractivity contribution < 1.29 is 9.59 Å². The van der Waals surface area contributed by atoms with Gasteiger partial charge in [-0.2, -0.15) is 0 Å². The Labute approximate surface area is 215 Å². The lowest BCUT2D eigenvalue weighted by molar-refractivity contribution is -0.123. The van der Waals surface area contributed by atoms with E-state index in [0.29, 0.717) is 23.8 Å². The molecular formula is C28H28ClN3O2S. The zero-order chi connectivity index (χ0) is 25.0. The largest absolute Gasteiger partial charge is 0.323 e. The summed E-state index contributed by atoms with van der Waals surface area (Å²) in [4.78, 5) is 30.4. The van der Waals surface area contributed by atoms with Crippen LogP contribution in [0.5, 0.6) is 0 Å². The first-order valence-corrected chi connectivity index (χ1v) is 12.8. The number of thioether (sulfide) groups is 1. The molecule has 0 unspecified atom stereocenters. The molecule has 1 atom stereocenters. The molecular weight excluding hydrogens is 478 g/mol. The summed E-state index contributed by atoms with van der Waals surface area (Å²) in [5, 5.41) is 3.56. The summed E-state index contributed by atoms with van der Waals surface area (Å²) in [5.41, 5.74) is 5.49. The van der Waals surface area contributed by atoms with Gasteiger partial charge in [0.25, 0.3) is 5.91 Å². The lowest BCUT2D eigenvalue weighted by Crippen LogP contribution is -2.51. The first-order valence-electron chi connectivity index (χ1n) is 11.6. The smallest absolute Gasteiger partial charge is 0.308 e. The molecule has 3 aromatic carbocycles. The maximum Gasteiger partial charge on any atom is 0.323 e. The zero-order valence-electron chi connectivity index (χ0n) is 20.3. The number of rotatable bonds is 3. The second-order valence-electron chi connectivity index (χ2n) is 9.87. The van der Waals surface area contributed by atoms with Gasteiger partial charge in [0.2, 0.25) is 0 Å². The van der Waals surface area contributed by atoms with Crippen LogP contribution in [0.3, 0.4) is 0 Å². The van der Waals surface area contributed by atoms with Gasteiger partial charge >= 0.3 is 6.03 Å². The molecule has 0 saturated carbocycles. The van der Waals surface area contributed by atoms with Crippen molar-refractivity contribution in [2.45, 2.75) is 43.9 Å². The summed E-state index contributed by atoms with van der Waals surface area (Å²) in [6.07, 6.45) is 0. The summed E-state index contributed by atoms with van der Waals surface area (Å²) >= 11 is 7.97. The van der Waals surface area contributed by atoms with Crippen molar-refractivity contribution in [1.82, 2.24) is 4.90 Å². The van der Waals surface area contributed by atoms with Gasteiger partial charge in [0.1, 0.15) is 0 Å². The van der Waals surface area contributed by atoms with Crippen molar-refractivity contribution in [2.24, 2.45) is 0 Å². The van der Waals surface area contributed by atoms with Gasteiger partial charge in [-0.15, -0.1) is 11.8 Å². The number of benzene rings is 3. The van der Waals surface area contributed by atoms with Crippen LogP contribution in [0.2, 0.25) is 5.02 Å². The van der Waals surface area contributed by atoms with Crippen molar-refractivity contribution in [3.63, 3.8) is 0 Å². The van der Waals surface area contributed by atoms with Crippen LogP contribution in [0, 0.1) is 13.8 Å². The molecule has 1 fully saturated rings. The molecule has 3 aromatic rings. The minimum atomic E-state index is -1.19. The van der Waals surface area contributed by atoms with Gasteiger partial charge in [-0.05, 0) is 74.7 Å². The molecule has 2 aliphatic rings. The Morgan fingerprint density at radius 2 is 1.83 bits per heavy atom. The number of anilines is 2. The van der Waals surface area contributed by atoms with Crippen molar-refractivity contribution in [1.29, 1.82) is 0 Å². The Bertz CT molecular complexity index is 1340. The molecule has 5 nitrogen and oxygen atoms in total. The Hall–Kier alpha value is -2.96. The van der Waals surface area contributed by atoms with E-state index in [9.17, 15) is 9.59 Å². The predicted molar refractivity (Wildman–Crippen MR) is 144 cm³/mol. The van der Waals surface area contributed by atoms with Crippen LogP contribution in [0.15, 0.2) is 66.7 Å². The topological polar surface area (TPSA) is 52.7 Å². The third-order valence-corrected chi connectivity index (χ3v) is 8.42. The molecule has 180 valence electrons. The average Bonchev–Trinajstić information content (AvgIpc) is 3.21. The maximum absolute atomic E-state index is 14.4. The van der Waals surface area contributed by atoms with Crippen molar-refractivity contribution in [3.05, 3.63) is 94.0 Å². The van der Waals surface area contributed by atoms with E-state index < -0.39 is 4.87 Å². The van der Waals surface area contributed by atoms with Gasteiger partial charge in [0.15, 0.2) is 4.87 Å². The van der Waals surface area contributed by atoms with E-state index in [1.807, 2.05) is 74.5 Å². The number of hydrogen-bond acceptors (Lipinski definition) is 3. The molecule has 0 radical (unpaired) electrons.